The van der Waals surface area contributed by atoms with Gasteiger partial charge in [0.15, 0.2) is 0 Å². The van der Waals surface area contributed by atoms with Crippen LogP contribution in [0.25, 0.3) is 0 Å². The zero-order valence-electron chi connectivity index (χ0n) is 12.3. The average molecular weight is 257 g/mol. The second-order valence-corrected chi connectivity index (χ2v) is 5.06. The smallest absolute Gasteiger partial charge is 0.0597 e. The highest BCUT2D eigenvalue weighted by Gasteiger charge is 2.15. The first-order valence-electron chi connectivity index (χ1n) is 6.91. The highest BCUT2D eigenvalue weighted by molar-refractivity contribution is 5.25. The number of nitrogens with one attached hydrogen (secondary N) is 1. The minimum Gasteiger partial charge on any atom is -0.311 e. The maximum atomic E-state index is 4.53. The number of hydrogen-bond donors (Lipinski definition) is 1. The fraction of sp³-hybridized carbons (Fsp3) is 0.438. The van der Waals surface area contributed by atoms with Gasteiger partial charge in [0.05, 0.1) is 17.4 Å². The first kappa shape index (κ1) is 13.8. The summed E-state index contributed by atoms with van der Waals surface area (Å²) in [6.45, 7) is 7.23. The van der Waals surface area contributed by atoms with Crippen LogP contribution in [0.3, 0.4) is 0 Å². The Labute approximate surface area is 115 Å². The van der Waals surface area contributed by atoms with E-state index in [-0.39, 0.29) is 0 Å². The fourth-order valence-electron chi connectivity index (χ4n) is 2.53. The van der Waals surface area contributed by atoms with Crippen LogP contribution in [0.4, 0.5) is 0 Å². The lowest BCUT2D eigenvalue weighted by atomic mass is 10.0. The molecule has 0 aliphatic rings. The van der Waals surface area contributed by atoms with Crippen LogP contribution in [0.15, 0.2) is 30.3 Å². The van der Waals surface area contributed by atoms with Crippen molar-refractivity contribution in [3.63, 3.8) is 0 Å². The zero-order valence-corrected chi connectivity index (χ0v) is 12.3. The van der Waals surface area contributed by atoms with Crippen LogP contribution >= 0.6 is 0 Å². The predicted octanol–water partition coefficient (Wildman–Crippen LogP) is 3.02. The van der Waals surface area contributed by atoms with Gasteiger partial charge < -0.3 is 5.32 Å². The van der Waals surface area contributed by atoms with Crippen LogP contribution in [0.2, 0.25) is 0 Å². The lowest BCUT2D eigenvalue weighted by Crippen LogP contribution is -2.22. The molecule has 19 heavy (non-hydrogen) atoms. The van der Waals surface area contributed by atoms with E-state index in [1.54, 1.807) is 0 Å². The summed E-state index contributed by atoms with van der Waals surface area (Å²) in [6, 6.07) is 11.2. The Hall–Kier alpha value is -1.61. The van der Waals surface area contributed by atoms with Gasteiger partial charge in [-0.05, 0) is 45.9 Å². The van der Waals surface area contributed by atoms with E-state index in [4.69, 9.17) is 0 Å². The third-order valence-electron chi connectivity index (χ3n) is 3.46. The Morgan fingerprint density at radius 3 is 2.68 bits per heavy atom. The summed E-state index contributed by atoms with van der Waals surface area (Å²) in [6.07, 6.45) is 0.989. The number of aromatic nitrogens is 2. The molecule has 0 radical (unpaired) electrons. The van der Waals surface area contributed by atoms with Crippen molar-refractivity contribution < 1.29 is 0 Å². The Kier molecular flexibility index (Phi) is 4.38. The van der Waals surface area contributed by atoms with E-state index in [2.05, 4.69) is 66.2 Å². The molecule has 102 valence electrons. The molecule has 0 saturated heterocycles. The Morgan fingerprint density at radius 2 is 2.05 bits per heavy atom. The summed E-state index contributed by atoms with van der Waals surface area (Å²) in [4.78, 5) is 0. The van der Waals surface area contributed by atoms with Crippen molar-refractivity contribution in [2.24, 2.45) is 0 Å². The standard InChI is InChI=1S/C16H23N3/c1-5-19-16(10-13(3)18-19)15(17-4)11-14-8-6-7-12(2)9-14/h6-10,15,17H,5,11H2,1-4H3. The van der Waals surface area contributed by atoms with Gasteiger partial charge in [-0.2, -0.15) is 5.10 Å². The van der Waals surface area contributed by atoms with Gasteiger partial charge in [0.2, 0.25) is 0 Å². The quantitative estimate of drug-likeness (QED) is 0.892. The summed E-state index contributed by atoms with van der Waals surface area (Å²) in [5, 5.41) is 7.95. The number of aryl methyl sites for hydroxylation is 3. The number of rotatable bonds is 5. The normalized spacial score (nSPS) is 12.6. The molecule has 0 amide bonds. The SMILES string of the molecule is CCn1nc(C)cc1C(Cc1cccc(C)c1)NC. The molecule has 1 aromatic carbocycles. The molecule has 0 aliphatic heterocycles. The molecular weight excluding hydrogens is 234 g/mol. The summed E-state index contributed by atoms with van der Waals surface area (Å²) in [5.41, 5.74) is 5.03. The molecule has 0 bridgehead atoms. The van der Waals surface area contributed by atoms with Crippen molar-refractivity contribution in [2.45, 2.75) is 39.8 Å². The van der Waals surface area contributed by atoms with E-state index in [9.17, 15) is 0 Å². The van der Waals surface area contributed by atoms with Gasteiger partial charge in [-0.25, -0.2) is 0 Å². The molecule has 1 atom stereocenters. The summed E-state index contributed by atoms with van der Waals surface area (Å²) in [7, 11) is 2.02. The molecule has 1 aromatic heterocycles. The van der Waals surface area contributed by atoms with Gasteiger partial charge >= 0.3 is 0 Å². The van der Waals surface area contributed by atoms with Crippen LogP contribution in [-0.4, -0.2) is 16.8 Å². The summed E-state index contributed by atoms with van der Waals surface area (Å²) < 4.78 is 2.09. The number of hydrogen-bond acceptors (Lipinski definition) is 2. The minimum absolute atomic E-state index is 0.308. The molecule has 0 saturated carbocycles. The van der Waals surface area contributed by atoms with Gasteiger partial charge in [-0.3, -0.25) is 4.68 Å². The zero-order chi connectivity index (χ0) is 13.8. The molecule has 2 aromatic rings. The fourth-order valence-corrected chi connectivity index (χ4v) is 2.53. The molecule has 3 nitrogen and oxygen atoms in total. The van der Waals surface area contributed by atoms with E-state index in [0.29, 0.717) is 6.04 Å². The lowest BCUT2D eigenvalue weighted by molar-refractivity contribution is 0.512. The molecule has 1 unspecified atom stereocenters. The van der Waals surface area contributed by atoms with E-state index >= 15 is 0 Å². The Balaban J connectivity index is 2.24. The van der Waals surface area contributed by atoms with Crippen molar-refractivity contribution in [1.29, 1.82) is 0 Å². The van der Waals surface area contributed by atoms with Gasteiger partial charge in [-0.1, -0.05) is 29.8 Å². The maximum absolute atomic E-state index is 4.53. The highest BCUT2D eigenvalue weighted by Crippen LogP contribution is 2.20. The lowest BCUT2D eigenvalue weighted by Gasteiger charge is -2.17. The molecule has 1 heterocycles. The van der Waals surface area contributed by atoms with E-state index in [1.807, 2.05) is 7.05 Å². The van der Waals surface area contributed by atoms with Gasteiger partial charge in [0.1, 0.15) is 0 Å². The van der Waals surface area contributed by atoms with Gasteiger partial charge in [0.25, 0.3) is 0 Å². The Morgan fingerprint density at radius 1 is 1.26 bits per heavy atom. The largest absolute Gasteiger partial charge is 0.311 e. The molecular formula is C16H23N3. The van der Waals surface area contributed by atoms with E-state index in [0.717, 1.165) is 18.7 Å². The van der Waals surface area contributed by atoms with Gasteiger partial charge in [0, 0.05) is 6.54 Å². The van der Waals surface area contributed by atoms with Crippen LogP contribution in [0.5, 0.6) is 0 Å². The molecule has 0 fully saturated rings. The number of nitrogens with zero attached hydrogens (tertiary/aromatic N) is 2. The minimum atomic E-state index is 0.308. The van der Waals surface area contributed by atoms with Crippen molar-refractivity contribution in [3.05, 3.63) is 52.8 Å². The van der Waals surface area contributed by atoms with E-state index < -0.39 is 0 Å². The number of likely N-dealkylation sites (N-methyl/N-ethyl adjacent to an activating group) is 1. The van der Waals surface area contributed by atoms with Crippen molar-refractivity contribution in [2.75, 3.05) is 7.05 Å². The van der Waals surface area contributed by atoms with Crippen LogP contribution in [0.1, 0.15) is 35.5 Å². The van der Waals surface area contributed by atoms with Gasteiger partial charge in [-0.15, -0.1) is 0 Å². The maximum Gasteiger partial charge on any atom is 0.0597 e. The summed E-state index contributed by atoms with van der Waals surface area (Å²) in [5.74, 6) is 0. The topological polar surface area (TPSA) is 29.9 Å². The van der Waals surface area contributed by atoms with Crippen molar-refractivity contribution in [3.8, 4) is 0 Å². The van der Waals surface area contributed by atoms with E-state index in [1.165, 1.54) is 16.8 Å². The third-order valence-corrected chi connectivity index (χ3v) is 3.46. The monoisotopic (exact) mass is 257 g/mol. The highest BCUT2D eigenvalue weighted by atomic mass is 15.3. The average Bonchev–Trinajstić information content (AvgIpc) is 2.77. The van der Waals surface area contributed by atoms with Crippen LogP contribution in [0, 0.1) is 13.8 Å². The van der Waals surface area contributed by atoms with Crippen molar-refractivity contribution >= 4 is 0 Å². The molecule has 2 rings (SSSR count). The van der Waals surface area contributed by atoms with Crippen LogP contribution in [-0.2, 0) is 13.0 Å². The number of benzene rings is 1. The predicted molar refractivity (Wildman–Crippen MR) is 79.3 cm³/mol. The van der Waals surface area contributed by atoms with Crippen LogP contribution < -0.4 is 5.32 Å². The molecule has 0 aliphatic carbocycles. The second-order valence-electron chi connectivity index (χ2n) is 5.06. The first-order valence-corrected chi connectivity index (χ1v) is 6.91. The Bertz CT molecular complexity index is 543. The molecule has 1 N–H and O–H groups in total. The van der Waals surface area contributed by atoms with Crippen molar-refractivity contribution in [1.82, 2.24) is 15.1 Å². The molecule has 3 heteroatoms. The molecule has 0 spiro atoms. The first-order chi connectivity index (χ1) is 9.13. The summed E-state index contributed by atoms with van der Waals surface area (Å²) >= 11 is 0. The third kappa shape index (κ3) is 3.24. The second kappa shape index (κ2) is 6.02.